The molecule has 2 N–H and O–H groups in total. The largest absolute Gasteiger partial charge is 0.496 e. The van der Waals surface area contributed by atoms with Crippen molar-refractivity contribution in [2.45, 2.75) is 19.1 Å². The fourth-order valence-corrected chi connectivity index (χ4v) is 4.31. The zero-order chi connectivity index (χ0) is 24.5. The van der Waals surface area contributed by atoms with Crippen molar-refractivity contribution >= 4 is 34.9 Å². The monoisotopic (exact) mass is 490 g/mol. The number of ether oxygens (including phenoxy) is 1. The number of aromatic nitrogens is 2. The summed E-state index contributed by atoms with van der Waals surface area (Å²) in [7, 11) is 1.41. The molecule has 0 saturated heterocycles. The maximum atomic E-state index is 14.8. The number of anilines is 2. The van der Waals surface area contributed by atoms with Crippen LogP contribution in [-0.4, -0.2) is 40.0 Å². The van der Waals surface area contributed by atoms with Gasteiger partial charge < -0.3 is 15.2 Å². The number of rotatable bonds is 5. The molecule has 1 atom stereocenters. The van der Waals surface area contributed by atoms with Crippen LogP contribution in [0.15, 0.2) is 71.4 Å². The molecule has 0 spiro atoms. The normalized spacial score (nSPS) is 16.4. The predicted molar refractivity (Wildman–Crippen MR) is 133 cm³/mol. The number of nitrogens with one attached hydrogen (secondary N) is 1. The van der Waals surface area contributed by atoms with E-state index in [0.29, 0.717) is 39.7 Å². The first-order valence-electron chi connectivity index (χ1n) is 10.8. The molecule has 0 fully saturated rings. The van der Waals surface area contributed by atoms with E-state index in [0.717, 1.165) is 11.1 Å². The molecular weight excluding hydrogens is 471 g/mol. The maximum Gasteiger partial charge on any atom is 0.339 e. The van der Waals surface area contributed by atoms with Gasteiger partial charge in [0.15, 0.2) is 0 Å². The maximum absolute atomic E-state index is 14.8. The Hall–Kier alpha value is -4.04. The number of halogens is 2. The number of methoxy groups -OCH3 is 1. The van der Waals surface area contributed by atoms with Crippen LogP contribution in [0.2, 0.25) is 5.02 Å². The van der Waals surface area contributed by atoms with E-state index in [2.05, 4.69) is 10.3 Å². The lowest BCUT2D eigenvalue weighted by atomic mass is 9.90. The molecule has 0 bridgehead atoms. The number of carboxylic acid groups (broad SMARTS) is 1. The van der Waals surface area contributed by atoms with E-state index in [4.69, 9.17) is 26.3 Å². The van der Waals surface area contributed by atoms with E-state index in [1.165, 1.54) is 13.2 Å². The third kappa shape index (κ3) is 4.40. The molecule has 176 valence electrons. The van der Waals surface area contributed by atoms with Gasteiger partial charge in [0.25, 0.3) is 0 Å². The minimum Gasteiger partial charge on any atom is -0.496 e. The Morgan fingerprint density at radius 2 is 2.09 bits per heavy atom. The Bertz CT molecular complexity index is 1430. The first-order chi connectivity index (χ1) is 16.9. The highest BCUT2D eigenvalue weighted by Gasteiger charge is 2.26. The van der Waals surface area contributed by atoms with Crippen molar-refractivity contribution < 1.29 is 19.0 Å². The number of hydrogen-bond acceptors (Lipinski definition) is 6. The fraction of sp³-hybridized carbons (Fsp3) is 0.154. The van der Waals surface area contributed by atoms with Crippen LogP contribution in [0.4, 0.5) is 16.0 Å². The average Bonchev–Trinajstić information content (AvgIpc) is 3.00. The van der Waals surface area contributed by atoms with Crippen LogP contribution in [0, 0.1) is 0 Å². The van der Waals surface area contributed by atoms with Crippen molar-refractivity contribution in [3.8, 4) is 17.0 Å². The Labute approximate surface area is 205 Å². The average molecular weight is 491 g/mol. The predicted octanol–water partition coefficient (Wildman–Crippen LogP) is 5.77. The number of nitrogens with zero attached hydrogens (tertiary/aromatic N) is 3. The van der Waals surface area contributed by atoms with Gasteiger partial charge in [0.2, 0.25) is 5.95 Å². The van der Waals surface area contributed by atoms with Gasteiger partial charge in [-0.25, -0.2) is 19.2 Å². The van der Waals surface area contributed by atoms with Crippen molar-refractivity contribution in [2.24, 2.45) is 4.99 Å². The van der Waals surface area contributed by atoms with Crippen LogP contribution < -0.4 is 10.1 Å². The third-order valence-corrected chi connectivity index (χ3v) is 6.05. The van der Waals surface area contributed by atoms with Gasteiger partial charge in [-0.3, -0.25) is 4.99 Å². The number of carbonyl (C=O) groups is 1. The van der Waals surface area contributed by atoms with Crippen LogP contribution in [0.25, 0.3) is 11.3 Å². The Morgan fingerprint density at radius 1 is 1.23 bits per heavy atom. The van der Waals surface area contributed by atoms with E-state index in [-0.39, 0.29) is 23.8 Å². The summed E-state index contributed by atoms with van der Waals surface area (Å²) in [5.41, 5.74) is 4.44. The fourth-order valence-electron chi connectivity index (χ4n) is 4.14. The zero-order valence-corrected chi connectivity index (χ0v) is 19.4. The van der Waals surface area contributed by atoms with Gasteiger partial charge in [0.1, 0.15) is 17.5 Å². The van der Waals surface area contributed by atoms with Crippen molar-refractivity contribution in [1.29, 1.82) is 0 Å². The third-order valence-electron chi connectivity index (χ3n) is 5.82. The molecule has 0 saturated carbocycles. The summed E-state index contributed by atoms with van der Waals surface area (Å²) < 4.78 is 19.9. The Balaban J connectivity index is 1.56. The number of aromatic carboxylic acids is 1. The molecule has 5 rings (SSSR count). The minimum absolute atomic E-state index is 0.0147. The van der Waals surface area contributed by atoms with E-state index < -0.39 is 12.1 Å². The van der Waals surface area contributed by atoms with Gasteiger partial charge in [-0.2, -0.15) is 0 Å². The van der Waals surface area contributed by atoms with E-state index >= 15 is 0 Å². The quantitative estimate of drug-likeness (QED) is 0.471. The molecule has 9 heteroatoms. The van der Waals surface area contributed by atoms with Crippen LogP contribution in [0.5, 0.6) is 5.75 Å². The second kappa shape index (κ2) is 9.31. The lowest BCUT2D eigenvalue weighted by Crippen LogP contribution is -2.17. The van der Waals surface area contributed by atoms with Gasteiger partial charge in [-0.15, -0.1) is 0 Å². The molecule has 7 nitrogen and oxygen atoms in total. The molecule has 2 aromatic carbocycles. The summed E-state index contributed by atoms with van der Waals surface area (Å²) in [5, 5.41) is 13.0. The van der Waals surface area contributed by atoms with Gasteiger partial charge in [0.05, 0.1) is 25.1 Å². The summed E-state index contributed by atoms with van der Waals surface area (Å²) in [6.45, 7) is 0.275. The second-order valence-corrected chi connectivity index (χ2v) is 8.46. The summed E-state index contributed by atoms with van der Waals surface area (Å²) in [5.74, 6) is -0.584. The molecule has 0 radical (unpaired) electrons. The lowest BCUT2D eigenvalue weighted by Gasteiger charge is -2.18. The van der Waals surface area contributed by atoms with Crippen molar-refractivity contribution in [3.63, 3.8) is 0 Å². The Morgan fingerprint density at radius 3 is 2.86 bits per heavy atom. The van der Waals surface area contributed by atoms with Crippen LogP contribution in [-0.2, 0) is 6.54 Å². The molecule has 3 aromatic rings. The number of hydrogen-bond donors (Lipinski definition) is 2. The molecule has 1 unspecified atom stereocenters. The molecule has 0 amide bonds. The zero-order valence-electron chi connectivity index (χ0n) is 18.6. The van der Waals surface area contributed by atoms with E-state index in [1.807, 2.05) is 12.1 Å². The minimum atomic E-state index is -1.16. The van der Waals surface area contributed by atoms with Crippen LogP contribution in [0.3, 0.4) is 0 Å². The highest BCUT2D eigenvalue weighted by Crippen LogP contribution is 2.35. The molecule has 2 aliphatic rings. The van der Waals surface area contributed by atoms with Gasteiger partial charge in [-0.05, 0) is 30.3 Å². The molecule has 1 aliphatic carbocycles. The Kier molecular flexibility index (Phi) is 6.05. The molecule has 35 heavy (non-hydrogen) atoms. The summed E-state index contributed by atoms with van der Waals surface area (Å²) >= 11 is 6.32. The molecular formula is C26H20ClFN4O3. The smallest absolute Gasteiger partial charge is 0.339 e. The molecule has 1 aliphatic heterocycles. The number of allylic oxidation sites excluding steroid dienone is 4. The standard InChI is InChI=1S/C26H20ClFN4O3/c1-35-22-9-7-16(11-20(22)25(33)34)31-26-30-13-14-12-29-24(18-4-2-3-5-21(18)28)19-10-15(27)6-8-17(19)23(14)32-26/h2-4,6-11,13,21H,5,12H2,1H3,(H,33,34)(H,30,31,32). The van der Waals surface area contributed by atoms with Gasteiger partial charge >= 0.3 is 5.97 Å². The van der Waals surface area contributed by atoms with E-state index in [9.17, 15) is 14.3 Å². The summed E-state index contributed by atoms with van der Waals surface area (Å²) in [6.07, 6.45) is 6.17. The van der Waals surface area contributed by atoms with Crippen molar-refractivity contribution in [3.05, 3.63) is 88.1 Å². The van der Waals surface area contributed by atoms with E-state index in [1.54, 1.807) is 42.6 Å². The highest BCUT2D eigenvalue weighted by molar-refractivity contribution is 6.31. The highest BCUT2D eigenvalue weighted by atomic mass is 35.5. The number of aliphatic imine (C=N–C) groups is 1. The topological polar surface area (TPSA) is 96.7 Å². The van der Waals surface area contributed by atoms with Gasteiger partial charge in [-0.1, -0.05) is 35.9 Å². The number of fused-ring (bicyclic) bond motifs is 3. The first kappa shape index (κ1) is 22.7. The number of carboxylic acids is 1. The van der Waals surface area contributed by atoms with Crippen molar-refractivity contribution in [1.82, 2.24) is 9.97 Å². The molecule has 2 heterocycles. The van der Waals surface area contributed by atoms with Crippen LogP contribution >= 0.6 is 11.6 Å². The van der Waals surface area contributed by atoms with Gasteiger partial charge in [0, 0.05) is 45.6 Å². The number of benzene rings is 2. The van der Waals surface area contributed by atoms with Crippen LogP contribution in [0.1, 0.15) is 27.9 Å². The summed E-state index contributed by atoms with van der Waals surface area (Å²) in [4.78, 5) is 25.4. The SMILES string of the molecule is COc1ccc(Nc2ncc3c(n2)-c2ccc(Cl)cc2C(C2=CC=CCC2F)=NC3)cc1C(=O)O. The second-order valence-electron chi connectivity index (χ2n) is 8.02. The first-order valence-corrected chi connectivity index (χ1v) is 11.2. The number of alkyl halides is 1. The molecule has 1 aromatic heterocycles. The lowest BCUT2D eigenvalue weighted by molar-refractivity contribution is 0.0693. The summed E-state index contributed by atoms with van der Waals surface area (Å²) in [6, 6.07) is 10.1. The van der Waals surface area contributed by atoms with Crippen molar-refractivity contribution in [2.75, 3.05) is 12.4 Å².